The number of nitrogens with one attached hydrogen (secondary N) is 2. The third-order valence-corrected chi connectivity index (χ3v) is 8.51. The topological polar surface area (TPSA) is 110 Å². The monoisotopic (exact) mass is 636 g/mol. The van der Waals surface area contributed by atoms with Gasteiger partial charge >= 0.3 is 6.09 Å². The number of amides is 1. The number of anilines is 4. The quantitative estimate of drug-likeness (QED) is 0.195. The summed E-state index contributed by atoms with van der Waals surface area (Å²) in [7, 11) is 3.60. The summed E-state index contributed by atoms with van der Waals surface area (Å²) in [5.41, 5.74) is 5.44. The third-order valence-electron chi connectivity index (χ3n) is 8.51. The van der Waals surface area contributed by atoms with Gasteiger partial charge in [-0.05, 0) is 80.9 Å². The predicted molar refractivity (Wildman–Crippen MR) is 181 cm³/mol. The van der Waals surface area contributed by atoms with Gasteiger partial charge in [0.2, 0.25) is 5.95 Å². The molecule has 0 spiro atoms. The first-order valence-electron chi connectivity index (χ1n) is 15.3. The van der Waals surface area contributed by atoms with Crippen LogP contribution in [0.1, 0.15) is 18.1 Å². The molecular formula is C35H37FN8O3. The van der Waals surface area contributed by atoms with Gasteiger partial charge in [-0.3, -0.25) is 5.32 Å². The number of benzene rings is 3. The molecule has 3 aromatic carbocycles. The van der Waals surface area contributed by atoms with Crippen LogP contribution in [-0.2, 0) is 0 Å². The number of nitrogens with zero attached hydrogens (tertiary/aromatic N) is 6. The van der Waals surface area contributed by atoms with Crippen LogP contribution >= 0.6 is 0 Å². The van der Waals surface area contributed by atoms with Gasteiger partial charge in [-0.1, -0.05) is 18.2 Å². The van der Waals surface area contributed by atoms with E-state index in [2.05, 4.69) is 49.5 Å². The van der Waals surface area contributed by atoms with Crippen molar-refractivity contribution in [2.24, 2.45) is 0 Å². The smallest absolute Gasteiger partial charge is 0.418 e. The van der Waals surface area contributed by atoms with Gasteiger partial charge in [-0.25, -0.2) is 18.9 Å². The molecule has 5 aromatic rings. The lowest BCUT2D eigenvalue weighted by Gasteiger charge is -2.39. The van der Waals surface area contributed by atoms with Crippen LogP contribution in [0, 0.1) is 19.7 Å². The zero-order valence-corrected chi connectivity index (χ0v) is 27.0. The minimum absolute atomic E-state index is 0.181. The number of aryl methyl sites for hydroxylation is 1. The lowest BCUT2D eigenvalue weighted by molar-refractivity contribution is 0.213. The van der Waals surface area contributed by atoms with E-state index in [9.17, 15) is 4.79 Å². The predicted octanol–water partition coefficient (Wildman–Crippen LogP) is 6.59. The molecule has 47 heavy (non-hydrogen) atoms. The fourth-order valence-corrected chi connectivity index (χ4v) is 5.59. The number of carbonyl (C=O) groups excluding carboxylic acids is 1. The molecule has 242 valence electrons. The van der Waals surface area contributed by atoms with E-state index < -0.39 is 6.09 Å². The first-order valence-corrected chi connectivity index (χ1v) is 15.3. The number of hydrogen-bond acceptors (Lipinski definition) is 9. The van der Waals surface area contributed by atoms with E-state index in [-0.39, 0.29) is 23.3 Å². The van der Waals surface area contributed by atoms with Crippen molar-refractivity contribution >= 4 is 29.2 Å². The maximum absolute atomic E-state index is 15.2. The number of halogens is 1. The van der Waals surface area contributed by atoms with E-state index in [4.69, 9.17) is 9.47 Å². The van der Waals surface area contributed by atoms with Crippen LogP contribution in [0.5, 0.6) is 11.5 Å². The largest absolute Gasteiger partial charge is 0.493 e. The summed E-state index contributed by atoms with van der Waals surface area (Å²) in [6.07, 6.45) is 4.23. The van der Waals surface area contributed by atoms with Crippen LogP contribution < -0.4 is 25.0 Å². The highest BCUT2D eigenvalue weighted by molar-refractivity contribution is 5.89. The maximum atomic E-state index is 15.2. The van der Waals surface area contributed by atoms with Crippen molar-refractivity contribution in [2.45, 2.75) is 26.8 Å². The minimum atomic E-state index is -0.775. The third kappa shape index (κ3) is 6.87. The Bertz CT molecular complexity index is 1900. The van der Waals surface area contributed by atoms with Crippen LogP contribution in [0.25, 0.3) is 16.8 Å². The summed E-state index contributed by atoms with van der Waals surface area (Å²) in [5, 5.41) is 10.1. The highest BCUT2D eigenvalue weighted by Gasteiger charge is 2.24. The summed E-state index contributed by atoms with van der Waals surface area (Å²) >= 11 is 0. The summed E-state index contributed by atoms with van der Waals surface area (Å²) in [5.74, 6) is 0.631. The summed E-state index contributed by atoms with van der Waals surface area (Å²) in [6, 6.07) is 18.3. The van der Waals surface area contributed by atoms with E-state index >= 15 is 4.39 Å². The molecule has 0 saturated carbocycles. The van der Waals surface area contributed by atoms with Crippen LogP contribution in [0.15, 0.2) is 79.3 Å². The van der Waals surface area contributed by atoms with E-state index in [0.717, 1.165) is 42.0 Å². The highest BCUT2D eigenvalue weighted by Crippen LogP contribution is 2.42. The molecule has 1 saturated heterocycles. The van der Waals surface area contributed by atoms with Gasteiger partial charge in [0.05, 0.1) is 18.5 Å². The molecule has 1 atom stereocenters. The number of likely N-dealkylation sites (N-methyl/N-ethyl adjacent to an activating group) is 1. The average Bonchev–Trinajstić information content (AvgIpc) is 3.60. The van der Waals surface area contributed by atoms with Gasteiger partial charge in [0.1, 0.15) is 11.6 Å². The molecule has 2 aromatic heterocycles. The standard InChI is InChI=1S/C35H37FN8O3/c1-22-8-6-9-27(24(22)3)28-19-26(44-15-7-13-38-44)20-31(46-5)33(28)47-35(45)41-32-12-14-37-34(40-32)39-25-10-11-30(29(36)18-25)43-17-16-42(4)23(2)21-43/h6-15,18-20,23H,16-17,21H2,1-5H3,(H2,37,39,40,41,45). The van der Waals surface area contributed by atoms with Crippen molar-refractivity contribution in [1.82, 2.24) is 24.6 Å². The number of aromatic nitrogens is 4. The Labute approximate surface area is 273 Å². The van der Waals surface area contributed by atoms with Crippen LogP contribution in [0.4, 0.5) is 32.3 Å². The van der Waals surface area contributed by atoms with Crippen molar-refractivity contribution in [3.8, 4) is 28.3 Å². The molecular weight excluding hydrogens is 599 g/mol. The molecule has 1 fully saturated rings. The maximum Gasteiger partial charge on any atom is 0.418 e. The summed E-state index contributed by atoms with van der Waals surface area (Å²) in [6.45, 7) is 8.55. The van der Waals surface area contributed by atoms with E-state index in [1.807, 2.05) is 50.4 Å². The second-order valence-electron chi connectivity index (χ2n) is 11.6. The molecule has 12 heteroatoms. The minimum Gasteiger partial charge on any atom is -0.493 e. The molecule has 3 heterocycles. The zero-order valence-electron chi connectivity index (χ0n) is 27.0. The molecule has 0 bridgehead atoms. The number of hydrogen-bond donors (Lipinski definition) is 2. The number of methoxy groups -OCH3 is 1. The number of piperazine rings is 1. The molecule has 2 N–H and O–H groups in total. The van der Waals surface area contributed by atoms with Gasteiger partial charge in [0.25, 0.3) is 0 Å². The first-order chi connectivity index (χ1) is 22.7. The van der Waals surface area contributed by atoms with Crippen LogP contribution in [-0.4, -0.2) is 70.6 Å². The van der Waals surface area contributed by atoms with Crippen LogP contribution in [0.2, 0.25) is 0 Å². The lowest BCUT2D eigenvalue weighted by atomic mass is 9.95. The van der Waals surface area contributed by atoms with E-state index in [1.165, 1.54) is 25.4 Å². The Balaban J connectivity index is 1.21. The SMILES string of the molecule is COc1cc(-n2cccn2)cc(-c2cccc(C)c2C)c1OC(=O)Nc1ccnc(Nc2ccc(N3CCN(C)C(C)C3)c(F)c2)n1. The molecule has 0 radical (unpaired) electrons. The highest BCUT2D eigenvalue weighted by atomic mass is 19.1. The van der Waals surface area contributed by atoms with Crippen molar-refractivity contribution in [3.05, 3.63) is 96.2 Å². The van der Waals surface area contributed by atoms with Gasteiger partial charge < -0.3 is 24.6 Å². The van der Waals surface area contributed by atoms with E-state index in [1.54, 1.807) is 29.1 Å². The Morgan fingerprint density at radius 1 is 1.02 bits per heavy atom. The zero-order chi connectivity index (χ0) is 33.1. The van der Waals surface area contributed by atoms with Gasteiger partial charge in [-0.2, -0.15) is 10.1 Å². The molecule has 1 aliphatic heterocycles. The summed E-state index contributed by atoms with van der Waals surface area (Å²) in [4.78, 5) is 26.2. The molecule has 6 rings (SSSR count). The van der Waals surface area contributed by atoms with Gasteiger partial charge in [0, 0.05) is 61.6 Å². The van der Waals surface area contributed by atoms with Crippen molar-refractivity contribution < 1.29 is 18.7 Å². The van der Waals surface area contributed by atoms with Crippen molar-refractivity contribution in [2.75, 3.05) is 49.3 Å². The average molecular weight is 637 g/mol. The van der Waals surface area contributed by atoms with Crippen LogP contribution in [0.3, 0.4) is 0 Å². The van der Waals surface area contributed by atoms with E-state index in [0.29, 0.717) is 28.7 Å². The first kappa shape index (κ1) is 31.5. The molecule has 1 unspecified atom stereocenters. The lowest BCUT2D eigenvalue weighted by Crippen LogP contribution is -2.50. The Morgan fingerprint density at radius 2 is 1.87 bits per heavy atom. The Hall–Kier alpha value is -5.49. The van der Waals surface area contributed by atoms with Crippen molar-refractivity contribution in [3.63, 3.8) is 0 Å². The Kier molecular flexibility index (Phi) is 9.03. The molecule has 11 nitrogen and oxygen atoms in total. The second kappa shape index (κ2) is 13.5. The second-order valence-corrected chi connectivity index (χ2v) is 11.6. The van der Waals surface area contributed by atoms with Gasteiger partial charge in [-0.15, -0.1) is 0 Å². The normalized spacial score (nSPS) is 14.9. The number of ether oxygens (including phenoxy) is 2. The molecule has 0 aliphatic carbocycles. The molecule has 1 amide bonds. The summed E-state index contributed by atoms with van der Waals surface area (Å²) < 4.78 is 28.5. The van der Waals surface area contributed by atoms with Crippen molar-refractivity contribution in [1.29, 1.82) is 0 Å². The number of rotatable bonds is 8. The fraction of sp³-hybridized carbons (Fsp3) is 0.257. The fourth-order valence-electron chi connectivity index (χ4n) is 5.59. The molecule has 1 aliphatic rings. The van der Waals surface area contributed by atoms with Gasteiger partial charge in [0.15, 0.2) is 11.5 Å². The Morgan fingerprint density at radius 3 is 2.62 bits per heavy atom. The number of carbonyl (C=O) groups is 1.